The number of carbonyl (C=O) groups is 1. The Hall–Kier alpha value is -3.08. The number of benzene rings is 1. The minimum Gasteiger partial charge on any atom is -0.382 e. The first-order chi connectivity index (χ1) is 17.3. The third-order valence-electron chi connectivity index (χ3n) is 7.47. The molecule has 2 saturated heterocycles. The molecule has 3 fully saturated rings. The third-order valence-corrected chi connectivity index (χ3v) is 8.52. The molecule has 2 aromatic heterocycles. The number of hydrogen-bond acceptors (Lipinski definition) is 6. The predicted molar refractivity (Wildman–Crippen MR) is 135 cm³/mol. The van der Waals surface area contributed by atoms with Gasteiger partial charge >= 0.3 is 12.2 Å². The second-order valence-corrected chi connectivity index (χ2v) is 11.3. The van der Waals surface area contributed by atoms with E-state index in [0.29, 0.717) is 24.0 Å². The summed E-state index contributed by atoms with van der Waals surface area (Å²) in [6.07, 6.45) is -0.550. The lowest BCUT2D eigenvalue weighted by atomic mass is 9.65. The van der Waals surface area contributed by atoms with Crippen LogP contribution in [-0.2, 0) is 13.0 Å². The van der Waals surface area contributed by atoms with E-state index < -0.39 is 12.6 Å². The van der Waals surface area contributed by atoms with Crippen LogP contribution >= 0.6 is 11.3 Å². The molecule has 1 aliphatic carbocycles. The molecule has 36 heavy (non-hydrogen) atoms. The van der Waals surface area contributed by atoms with Crippen LogP contribution in [-0.4, -0.2) is 59.3 Å². The minimum atomic E-state index is -4.23. The Labute approximate surface area is 212 Å². The number of amides is 2. The van der Waals surface area contributed by atoms with Gasteiger partial charge in [-0.15, -0.1) is 11.3 Å². The van der Waals surface area contributed by atoms with Gasteiger partial charge in [0.1, 0.15) is 17.0 Å². The predicted octanol–water partition coefficient (Wildman–Crippen LogP) is 5.04. The van der Waals surface area contributed by atoms with Crippen molar-refractivity contribution in [2.45, 2.75) is 44.4 Å². The maximum absolute atomic E-state index is 12.9. The number of fused-ring (bicyclic) bond motifs is 1. The highest BCUT2D eigenvalue weighted by atomic mass is 32.1. The smallest absolute Gasteiger partial charge is 0.382 e. The normalized spacial score (nSPS) is 24.0. The number of nitrogens with one attached hydrogen (secondary N) is 2. The largest absolute Gasteiger partial charge is 0.393 e. The Kier molecular flexibility index (Phi) is 5.70. The molecule has 2 amide bonds. The van der Waals surface area contributed by atoms with E-state index in [9.17, 15) is 18.0 Å². The van der Waals surface area contributed by atoms with Gasteiger partial charge in [-0.1, -0.05) is 12.1 Å². The molecule has 0 radical (unpaired) electrons. The van der Waals surface area contributed by atoms with Gasteiger partial charge in [0.2, 0.25) is 0 Å². The van der Waals surface area contributed by atoms with Gasteiger partial charge in [0.05, 0.1) is 11.8 Å². The molecule has 1 aromatic carbocycles. The lowest BCUT2D eigenvalue weighted by Crippen LogP contribution is -2.46. The second kappa shape index (κ2) is 8.79. The van der Waals surface area contributed by atoms with Gasteiger partial charge in [0, 0.05) is 50.8 Å². The topological polar surface area (TPSA) is 73.4 Å². The van der Waals surface area contributed by atoms with Crippen LogP contribution in [0.5, 0.6) is 0 Å². The number of rotatable bonds is 6. The van der Waals surface area contributed by atoms with Gasteiger partial charge in [-0.25, -0.2) is 14.8 Å². The summed E-state index contributed by atoms with van der Waals surface area (Å²) in [6.45, 7) is 3.77. The fourth-order valence-corrected chi connectivity index (χ4v) is 6.81. The monoisotopic (exact) mass is 518 g/mol. The van der Waals surface area contributed by atoms with Crippen molar-refractivity contribution in [2.24, 2.45) is 5.41 Å². The van der Waals surface area contributed by atoms with Crippen LogP contribution < -0.4 is 15.5 Å². The van der Waals surface area contributed by atoms with E-state index in [4.69, 9.17) is 0 Å². The van der Waals surface area contributed by atoms with Crippen molar-refractivity contribution >= 4 is 39.1 Å². The molecule has 0 bridgehead atoms. The van der Waals surface area contributed by atoms with E-state index in [1.54, 1.807) is 6.07 Å². The zero-order chi connectivity index (χ0) is 24.9. The molecule has 7 nitrogen and oxygen atoms in total. The van der Waals surface area contributed by atoms with Crippen LogP contribution in [0, 0.1) is 5.41 Å². The number of halogens is 3. The molecule has 4 heterocycles. The lowest BCUT2D eigenvalue weighted by molar-refractivity contribution is -0.126. The van der Waals surface area contributed by atoms with E-state index in [1.165, 1.54) is 6.33 Å². The van der Waals surface area contributed by atoms with Crippen LogP contribution in [0.15, 0.2) is 36.7 Å². The summed E-state index contributed by atoms with van der Waals surface area (Å²) in [6, 6.07) is 10.3. The van der Waals surface area contributed by atoms with Crippen molar-refractivity contribution in [3.8, 4) is 0 Å². The average Bonchev–Trinajstić information content (AvgIpc) is 3.52. The van der Waals surface area contributed by atoms with Crippen molar-refractivity contribution in [1.29, 1.82) is 0 Å². The first kappa shape index (κ1) is 23.3. The molecule has 3 aromatic rings. The summed E-state index contributed by atoms with van der Waals surface area (Å²) in [5, 5.41) is 7.17. The minimum absolute atomic E-state index is 0. The standard InChI is InChI=1S/C25H27F3N6OS.H2/c26-25(27,28)12-19-9-20-21(30-15-31-22(20)36-19)34-7-5-24(14-34)10-18(11-24)32-17-3-1-16(2-4-17)13-33-8-6-29-23(33)35;/h1-4,9,15,18,32H,5-8,10-14H2,(H,29,35);1H. The fraction of sp³-hybridized carbons (Fsp3) is 0.480. The lowest BCUT2D eigenvalue weighted by Gasteiger charge is -2.46. The number of urea groups is 1. The van der Waals surface area contributed by atoms with Crippen LogP contribution in [0.1, 0.15) is 31.1 Å². The molecule has 11 heteroatoms. The Morgan fingerprint density at radius 3 is 2.72 bits per heavy atom. The van der Waals surface area contributed by atoms with Crippen molar-refractivity contribution < 1.29 is 19.4 Å². The first-order valence-corrected chi connectivity index (χ1v) is 13.0. The zero-order valence-electron chi connectivity index (χ0n) is 19.6. The number of anilines is 2. The second-order valence-electron chi connectivity index (χ2n) is 10.2. The molecule has 3 aliphatic rings. The maximum Gasteiger partial charge on any atom is 0.393 e. The summed E-state index contributed by atoms with van der Waals surface area (Å²) in [4.78, 5) is 25.3. The van der Waals surface area contributed by atoms with Crippen LogP contribution in [0.25, 0.3) is 10.2 Å². The molecule has 6 rings (SSSR count). The first-order valence-electron chi connectivity index (χ1n) is 12.2. The summed E-state index contributed by atoms with van der Waals surface area (Å²) in [5.41, 5.74) is 2.40. The Morgan fingerprint density at radius 2 is 2.00 bits per heavy atom. The van der Waals surface area contributed by atoms with Gasteiger partial charge in [-0.3, -0.25) is 0 Å². The maximum atomic E-state index is 12.9. The highest BCUT2D eigenvalue weighted by molar-refractivity contribution is 7.18. The number of aromatic nitrogens is 2. The molecule has 192 valence electrons. The van der Waals surface area contributed by atoms with Crippen molar-refractivity contribution in [1.82, 2.24) is 20.2 Å². The van der Waals surface area contributed by atoms with Gasteiger partial charge in [0.15, 0.2) is 0 Å². The number of nitrogens with zero attached hydrogens (tertiary/aromatic N) is 4. The van der Waals surface area contributed by atoms with Gasteiger partial charge in [0.25, 0.3) is 0 Å². The van der Waals surface area contributed by atoms with Crippen LogP contribution in [0.3, 0.4) is 0 Å². The zero-order valence-corrected chi connectivity index (χ0v) is 20.5. The molecular formula is C25H29F3N6OS. The SMILES string of the molecule is O=C1NCCN1Cc1ccc(NC2CC3(CCN(c4ncnc5sc(CC(F)(F)F)cc45)C3)C2)cc1.[HH]. The van der Waals surface area contributed by atoms with Crippen molar-refractivity contribution in [3.63, 3.8) is 0 Å². The molecular weight excluding hydrogens is 489 g/mol. The number of alkyl halides is 3. The van der Waals surface area contributed by atoms with Crippen LogP contribution in [0.2, 0.25) is 0 Å². The molecule has 0 unspecified atom stereocenters. The number of carbonyl (C=O) groups excluding carboxylic acids is 1. The molecule has 1 saturated carbocycles. The molecule has 0 atom stereocenters. The highest BCUT2D eigenvalue weighted by Crippen LogP contribution is 2.50. The average molecular weight is 519 g/mol. The van der Waals surface area contributed by atoms with E-state index >= 15 is 0 Å². The van der Waals surface area contributed by atoms with Crippen molar-refractivity contribution in [3.05, 3.63) is 47.1 Å². The van der Waals surface area contributed by atoms with Gasteiger partial charge in [-0.2, -0.15) is 13.2 Å². The van der Waals surface area contributed by atoms with E-state index in [0.717, 1.165) is 72.7 Å². The van der Waals surface area contributed by atoms with Crippen LogP contribution in [0.4, 0.5) is 29.5 Å². The Bertz CT molecular complexity index is 1280. The van der Waals surface area contributed by atoms with Gasteiger partial charge in [-0.05, 0) is 48.4 Å². The number of thiophene rings is 1. The van der Waals surface area contributed by atoms with E-state index in [-0.39, 0.29) is 17.7 Å². The molecule has 2 N–H and O–H groups in total. The highest BCUT2D eigenvalue weighted by Gasteiger charge is 2.49. The Morgan fingerprint density at radius 1 is 1.19 bits per heavy atom. The fourth-order valence-electron chi connectivity index (χ4n) is 5.79. The van der Waals surface area contributed by atoms with E-state index in [2.05, 4.69) is 49.8 Å². The summed E-state index contributed by atoms with van der Waals surface area (Å²) in [7, 11) is 0. The molecule has 2 aliphatic heterocycles. The molecule has 1 spiro atoms. The summed E-state index contributed by atoms with van der Waals surface area (Å²) in [5.74, 6) is 0.750. The third kappa shape index (κ3) is 4.68. The summed E-state index contributed by atoms with van der Waals surface area (Å²) < 4.78 is 38.6. The summed E-state index contributed by atoms with van der Waals surface area (Å²) >= 11 is 1.10. The number of hydrogen-bond donors (Lipinski definition) is 2. The Balaban J connectivity index is 0.00000280. The quantitative estimate of drug-likeness (QED) is 0.479. The van der Waals surface area contributed by atoms with Crippen molar-refractivity contribution in [2.75, 3.05) is 36.4 Å². The van der Waals surface area contributed by atoms with Gasteiger partial charge < -0.3 is 20.4 Å². The van der Waals surface area contributed by atoms with E-state index in [1.807, 2.05) is 4.90 Å².